The Balaban J connectivity index is 2.80. The molecule has 3 nitrogen and oxygen atoms in total. The normalized spacial score (nSPS) is 15.4. The van der Waals surface area contributed by atoms with Crippen molar-refractivity contribution in [2.24, 2.45) is 0 Å². The molecule has 0 fully saturated rings. The maximum Gasteiger partial charge on any atom is 0.452 e. The molecule has 0 aliphatic carbocycles. The highest BCUT2D eigenvalue weighted by Gasteiger charge is 2.53. The van der Waals surface area contributed by atoms with Crippen molar-refractivity contribution >= 4 is 17.3 Å². The van der Waals surface area contributed by atoms with E-state index in [1.54, 1.807) is 5.32 Å². The molecule has 16 heavy (non-hydrogen) atoms. The third kappa shape index (κ3) is 2.93. The number of hydrogen-bond acceptors (Lipinski definition) is 3. The van der Waals surface area contributed by atoms with E-state index in [1.807, 2.05) is 0 Å². The summed E-state index contributed by atoms with van der Waals surface area (Å²) in [6, 6.07) is 5.48. The Bertz CT molecular complexity index is 351. The molecule has 0 amide bonds. The molecule has 0 unspecified atom stereocenters. The van der Waals surface area contributed by atoms with E-state index in [-0.39, 0.29) is 5.69 Å². The summed E-state index contributed by atoms with van der Waals surface area (Å²) >= 11 is 4.91. The van der Waals surface area contributed by atoms with Crippen molar-refractivity contribution in [1.29, 1.82) is 0 Å². The summed E-state index contributed by atoms with van der Waals surface area (Å²) in [5, 5.41) is 7.19. The van der Waals surface area contributed by atoms with Crippen molar-refractivity contribution in [1.82, 2.24) is 0 Å². The maximum atomic E-state index is 12.2. The number of methoxy groups -OCH3 is 1. The lowest BCUT2D eigenvalue weighted by molar-refractivity contribution is -0.213. The predicted octanol–water partition coefficient (Wildman–Crippen LogP) is 2.55. The number of benzene rings is 1. The average molecular weight is 256 g/mol. The van der Waals surface area contributed by atoms with E-state index < -0.39 is 11.4 Å². The Morgan fingerprint density at radius 3 is 2.12 bits per heavy atom. The molecule has 0 bridgehead atoms. The van der Waals surface area contributed by atoms with Gasteiger partial charge in [0.05, 0.1) is 7.11 Å². The molecule has 1 aromatic rings. The van der Waals surface area contributed by atoms with Crippen LogP contribution in [0.4, 0.5) is 18.9 Å². The van der Waals surface area contributed by atoms with Crippen LogP contribution in [0.15, 0.2) is 24.3 Å². The first kappa shape index (κ1) is 12.9. The number of alkyl halides is 4. The van der Waals surface area contributed by atoms with Crippen LogP contribution in [0.25, 0.3) is 0 Å². The number of aliphatic hydroxyl groups is 1. The van der Waals surface area contributed by atoms with Crippen LogP contribution in [0.1, 0.15) is 0 Å². The molecule has 0 aliphatic heterocycles. The lowest BCUT2D eigenvalue weighted by Gasteiger charge is -2.25. The summed E-state index contributed by atoms with van der Waals surface area (Å²) in [5.41, 5.74) is 0.0237. The van der Waals surface area contributed by atoms with Gasteiger partial charge in [0, 0.05) is 5.69 Å². The second kappa shape index (κ2) is 4.39. The van der Waals surface area contributed by atoms with E-state index in [1.165, 1.54) is 31.4 Å². The van der Waals surface area contributed by atoms with Crippen LogP contribution in [-0.2, 0) is 0 Å². The fourth-order valence-electron chi connectivity index (χ4n) is 0.936. The number of nitrogens with one attached hydrogen (secondary N) is 1. The highest BCUT2D eigenvalue weighted by Crippen LogP contribution is 2.34. The standard InChI is InChI=1S/C9H9ClF3NO2/c1-16-7-4-2-6(3-5-7)14-8(10,15)9(11,12)13/h2-5,14-15H,1H3/t8-/m1/s1. The van der Waals surface area contributed by atoms with Crippen molar-refractivity contribution < 1.29 is 23.0 Å². The van der Waals surface area contributed by atoms with Gasteiger partial charge < -0.3 is 15.2 Å². The molecule has 7 heteroatoms. The van der Waals surface area contributed by atoms with Gasteiger partial charge in [-0.1, -0.05) is 11.6 Å². The summed E-state index contributed by atoms with van der Waals surface area (Å²) in [6.45, 7) is 0. The lowest BCUT2D eigenvalue weighted by atomic mass is 10.3. The van der Waals surface area contributed by atoms with Crippen LogP contribution in [0.3, 0.4) is 0 Å². The topological polar surface area (TPSA) is 41.5 Å². The van der Waals surface area contributed by atoms with Gasteiger partial charge in [0.2, 0.25) is 0 Å². The van der Waals surface area contributed by atoms with Gasteiger partial charge in [-0.3, -0.25) is 0 Å². The first-order valence-corrected chi connectivity index (χ1v) is 4.54. The van der Waals surface area contributed by atoms with Crippen LogP contribution < -0.4 is 10.1 Å². The minimum Gasteiger partial charge on any atom is -0.497 e. The van der Waals surface area contributed by atoms with Crippen molar-refractivity contribution in [2.45, 2.75) is 11.4 Å². The molecule has 0 saturated carbocycles. The lowest BCUT2D eigenvalue weighted by Crippen LogP contribution is -2.46. The molecular formula is C9H9ClF3NO2. The predicted molar refractivity (Wildman–Crippen MR) is 53.5 cm³/mol. The minimum atomic E-state index is -4.98. The zero-order chi connectivity index (χ0) is 12.4. The van der Waals surface area contributed by atoms with E-state index in [9.17, 15) is 13.2 Å². The summed E-state index contributed by atoms with van der Waals surface area (Å²) < 4.78 is 41.4. The number of anilines is 1. The Morgan fingerprint density at radius 1 is 1.25 bits per heavy atom. The fourth-order valence-corrected chi connectivity index (χ4v) is 1.05. The third-order valence-corrected chi connectivity index (χ3v) is 2.08. The SMILES string of the molecule is COc1ccc(N[C@](O)(Cl)C(F)(F)F)cc1. The number of halogens is 4. The van der Waals surface area contributed by atoms with Crippen molar-refractivity contribution in [3.63, 3.8) is 0 Å². The molecule has 1 aromatic carbocycles. The van der Waals surface area contributed by atoms with E-state index in [0.29, 0.717) is 5.75 Å². The van der Waals surface area contributed by atoms with Crippen molar-refractivity contribution in [2.75, 3.05) is 12.4 Å². The number of hydrogen-bond donors (Lipinski definition) is 2. The maximum absolute atomic E-state index is 12.2. The van der Waals surface area contributed by atoms with Gasteiger partial charge in [0.1, 0.15) is 5.75 Å². The van der Waals surface area contributed by atoms with Gasteiger partial charge in [0.15, 0.2) is 0 Å². The zero-order valence-corrected chi connectivity index (χ0v) is 8.93. The summed E-state index contributed by atoms with van der Waals surface area (Å²) in [7, 11) is 1.43. The van der Waals surface area contributed by atoms with Crippen LogP contribution in [-0.4, -0.2) is 23.6 Å². The second-order valence-corrected chi connectivity index (χ2v) is 3.52. The van der Waals surface area contributed by atoms with E-state index in [4.69, 9.17) is 21.4 Å². The highest BCUT2D eigenvalue weighted by atomic mass is 35.5. The van der Waals surface area contributed by atoms with Crippen molar-refractivity contribution in [3.05, 3.63) is 24.3 Å². The van der Waals surface area contributed by atoms with E-state index >= 15 is 0 Å². The molecule has 0 spiro atoms. The molecule has 0 aliphatic rings. The first-order valence-electron chi connectivity index (χ1n) is 4.16. The molecule has 0 saturated heterocycles. The smallest absolute Gasteiger partial charge is 0.452 e. The van der Waals surface area contributed by atoms with Crippen LogP contribution in [0.2, 0.25) is 0 Å². The Morgan fingerprint density at radius 2 is 1.75 bits per heavy atom. The van der Waals surface area contributed by atoms with Gasteiger partial charge in [-0.25, -0.2) is 0 Å². The monoisotopic (exact) mass is 255 g/mol. The summed E-state index contributed by atoms with van der Waals surface area (Å²) in [5.74, 6) is 0.482. The van der Waals surface area contributed by atoms with E-state index in [2.05, 4.69) is 0 Å². The zero-order valence-electron chi connectivity index (χ0n) is 8.18. The van der Waals surface area contributed by atoms with Gasteiger partial charge in [-0.15, -0.1) is 0 Å². The van der Waals surface area contributed by atoms with Gasteiger partial charge >= 0.3 is 11.4 Å². The van der Waals surface area contributed by atoms with Gasteiger partial charge in [0.25, 0.3) is 0 Å². The summed E-state index contributed by atoms with van der Waals surface area (Å²) in [6.07, 6.45) is -4.98. The molecule has 0 aromatic heterocycles. The molecule has 2 N–H and O–H groups in total. The largest absolute Gasteiger partial charge is 0.497 e. The molecule has 0 heterocycles. The van der Waals surface area contributed by atoms with Gasteiger partial charge in [-0.05, 0) is 24.3 Å². The Kier molecular flexibility index (Phi) is 3.54. The fraction of sp³-hybridized carbons (Fsp3) is 0.333. The van der Waals surface area contributed by atoms with Crippen molar-refractivity contribution in [3.8, 4) is 5.75 Å². The Labute approximate surface area is 94.8 Å². The highest BCUT2D eigenvalue weighted by molar-refractivity contribution is 6.24. The number of rotatable bonds is 3. The van der Waals surface area contributed by atoms with E-state index in [0.717, 1.165) is 0 Å². The molecule has 1 rings (SSSR count). The van der Waals surface area contributed by atoms with Crippen LogP contribution >= 0.6 is 11.6 Å². The quantitative estimate of drug-likeness (QED) is 0.495. The third-order valence-electron chi connectivity index (χ3n) is 1.78. The molecule has 90 valence electrons. The molecule has 1 atom stereocenters. The minimum absolute atomic E-state index is 0.0237. The molecule has 0 radical (unpaired) electrons. The molecular weight excluding hydrogens is 247 g/mol. The van der Waals surface area contributed by atoms with Gasteiger partial charge in [-0.2, -0.15) is 13.2 Å². The average Bonchev–Trinajstić information content (AvgIpc) is 2.16. The summed E-state index contributed by atoms with van der Waals surface area (Å²) in [4.78, 5) is 0. The Hall–Kier alpha value is -1.14. The first-order chi connectivity index (χ1) is 7.26. The van der Waals surface area contributed by atoms with Crippen LogP contribution in [0, 0.1) is 0 Å². The van der Waals surface area contributed by atoms with Crippen LogP contribution in [0.5, 0.6) is 5.75 Å². The second-order valence-electron chi connectivity index (χ2n) is 2.97. The number of ether oxygens (including phenoxy) is 1.